The van der Waals surface area contributed by atoms with Gasteiger partial charge in [-0.05, 0) is 0 Å². The lowest BCUT2D eigenvalue weighted by atomic mass is 10.8. The summed E-state index contributed by atoms with van der Waals surface area (Å²) in [4.78, 5) is 0. The predicted octanol–water partition coefficient (Wildman–Crippen LogP) is -0.354. The molecule has 0 saturated carbocycles. The van der Waals surface area contributed by atoms with E-state index in [1.165, 1.54) is 0 Å². The minimum absolute atomic E-state index is 0.359. The largest absolute Gasteiger partial charge is 0.363 e. The van der Waals surface area contributed by atoms with E-state index < -0.39 is 10.0 Å². The van der Waals surface area contributed by atoms with Gasteiger partial charge in [0.2, 0.25) is 5.03 Å². The zero-order valence-electron chi connectivity index (χ0n) is 4.23. The molecule has 9 heavy (non-hydrogen) atoms. The molecule has 0 spiro atoms. The number of rotatable bonds is 1. The Morgan fingerprint density at radius 3 is 2.56 bits per heavy atom. The molecule has 1 rings (SSSR count). The molecule has 1 aromatic heterocycles. The second kappa shape index (κ2) is 1.82. The van der Waals surface area contributed by atoms with Gasteiger partial charge in [0.15, 0.2) is 0 Å². The second-order valence-corrected chi connectivity index (χ2v) is 2.77. The van der Waals surface area contributed by atoms with Crippen molar-refractivity contribution in [3.05, 3.63) is 12.3 Å². The van der Waals surface area contributed by atoms with E-state index in [1.54, 1.807) is 0 Å². The molecule has 0 amide bonds. The molecule has 0 aliphatic heterocycles. The molecule has 0 aromatic carbocycles. The van der Waals surface area contributed by atoms with Crippen LogP contribution in [0.3, 0.4) is 0 Å². The van der Waals surface area contributed by atoms with Crippen LogP contribution in [-0.4, -0.2) is 13.6 Å². The van der Waals surface area contributed by atoms with Crippen LogP contribution in [0.5, 0.6) is 0 Å². The third kappa shape index (κ3) is 1.27. The Kier molecular flexibility index (Phi) is 1.26. The van der Waals surface area contributed by atoms with Crippen molar-refractivity contribution in [2.75, 3.05) is 0 Å². The summed E-state index contributed by atoms with van der Waals surface area (Å²) in [6, 6.07) is 1.11. The van der Waals surface area contributed by atoms with E-state index in [9.17, 15) is 8.42 Å². The van der Waals surface area contributed by atoms with Gasteiger partial charge in [0.05, 0.1) is 0 Å². The van der Waals surface area contributed by atoms with Crippen LogP contribution in [-0.2, 0) is 10.0 Å². The number of nitrogens with one attached hydrogen (secondary N) is 1. The van der Waals surface area contributed by atoms with Crippen LogP contribution in [0.2, 0.25) is 0 Å². The minimum Gasteiger partial charge on any atom is -0.363 e. The fraction of sp³-hybridized carbons (Fsp3) is 0. The van der Waals surface area contributed by atoms with Crippen LogP contribution >= 0.6 is 0 Å². The number of hydrogen-bond donors (Lipinski definition) is 0. The number of nitrogens with zero attached hydrogens (tertiary/aromatic N) is 1. The molecule has 1 N–H and O–H groups in total. The van der Waals surface area contributed by atoms with Crippen LogP contribution in [0.4, 0.5) is 0 Å². The quantitative estimate of drug-likeness (QED) is 0.543. The monoisotopic (exact) mass is 147 g/mol. The first kappa shape index (κ1) is 6.24. The molecule has 0 aliphatic carbocycles. The lowest BCUT2D eigenvalue weighted by Gasteiger charge is -1.81. The van der Waals surface area contributed by atoms with Gasteiger partial charge in [-0.25, -0.2) is 8.42 Å². The summed E-state index contributed by atoms with van der Waals surface area (Å²) in [6.07, 6.45) is 1.10. The molecule has 0 bridgehead atoms. The van der Waals surface area contributed by atoms with Crippen LogP contribution < -0.4 is 5.14 Å². The zero-order chi connectivity index (χ0) is 6.91. The molecular weight excluding hydrogens is 144 g/mol. The van der Waals surface area contributed by atoms with Gasteiger partial charge in [0.25, 0.3) is 10.0 Å². The SMILES string of the molecule is [NH]S(=O)(=O)c1ccon1. The van der Waals surface area contributed by atoms with Crippen molar-refractivity contribution in [2.24, 2.45) is 0 Å². The van der Waals surface area contributed by atoms with E-state index in [4.69, 9.17) is 5.14 Å². The van der Waals surface area contributed by atoms with E-state index in [0.717, 1.165) is 12.3 Å². The number of aromatic nitrogens is 1. The summed E-state index contributed by atoms with van der Waals surface area (Å²) in [5.74, 6) is 0. The van der Waals surface area contributed by atoms with Crippen molar-refractivity contribution < 1.29 is 12.9 Å². The molecule has 0 unspecified atom stereocenters. The smallest absolute Gasteiger partial charge is 0.275 e. The fourth-order valence-corrected chi connectivity index (χ4v) is 0.716. The van der Waals surface area contributed by atoms with E-state index in [-0.39, 0.29) is 5.03 Å². The van der Waals surface area contributed by atoms with Gasteiger partial charge in [-0.1, -0.05) is 5.16 Å². The molecule has 0 saturated heterocycles. The third-order valence-electron chi connectivity index (χ3n) is 0.689. The summed E-state index contributed by atoms with van der Waals surface area (Å²) >= 11 is 0. The first-order valence-electron chi connectivity index (χ1n) is 2.01. The maximum absolute atomic E-state index is 10.2. The molecular formula is C3H3N2O3S. The number of hydrogen-bond acceptors (Lipinski definition) is 4. The van der Waals surface area contributed by atoms with Crippen LogP contribution in [0.1, 0.15) is 0 Å². The van der Waals surface area contributed by atoms with E-state index in [1.807, 2.05) is 0 Å². The van der Waals surface area contributed by atoms with Crippen LogP contribution in [0.15, 0.2) is 21.9 Å². The zero-order valence-corrected chi connectivity index (χ0v) is 5.05. The Labute approximate surface area is 51.5 Å². The van der Waals surface area contributed by atoms with Gasteiger partial charge in [-0.3, -0.25) is 0 Å². The highest BCUT2D eigenvalue weighted by molar-refractivity contribution is 7.88. The van der Waals surface area contributed by atoms with Gasteiger partial charge >= 0.3 is 0 Å². The maximum atomic E-state index is 10.2. The maximum Gasteiger partial charge on any atom is 0.275 e. The van der Waals surface area contributed by atoms with E-state index in [2.05, 4.69) is 9.68 Å². The predicted molar refractivity (Wildman–Crippen MR) is 26.8 cm³/mol. The van der Waals surface area contributed by atoms with Crippen molar-refractivity contribution in [1.82, 2.24) is 10.3 Å². The van der Waals surface area contributed by atoms with Gasteiger partial charge in [0.1, 0.15) is 6.26 Å². The summed E-state index contributed by atoms with van der Waals surface area (Å²) in [7, 11) is -3.91. The summed E-state index contributed by atoms with van der Waals surface area (Å²) in [5.41, 5.74) is 0. The van der Waals surface area contributed by atoms with Crippen molar-refractivity contribution >= 4 is 10.0 Å². The topological polar surface area (TPSA) is 84.0 Å². The summed E-state index contributed by atoms with van der Waals surface area (Å²) < 4.78 is 24.7. The van der Waals surface area contributed by atoms with Crippen molar-refractivity contribution in [1.29, 1.82) is 0 Å². The normalized spacial score (nSPS) is 11.7. The average Bonchev–Trinajstić information content (AvgIpc) is 2.08. The second-order valence-electron chi connectivity index (χ2n) is 1.34. The Morgan fingerprint density at radius 2 is 2.33 bits per heavy atom. The van der Waals surface area contributed by atoms with Crippen molar-refractivity contribution in [3.63, 3.8) is 0 Å². The first-order valence-corrected chi connectivity index (χ1v) is 3.49. The average molecular weight is 147 g/mol. The molecule has 49 valence electrons. The minimum atomic E-state index is -3.91. The Hall–Kier alpha value is -0.880. The first-order chi connectivity index (χ1) is 4.11. The van der Waals surface area contributed by atoms with Crippen LogP contribution in [0, 0.1) is 0 Å². The highest BCUT2D eigenvalue weighted by Gasteiger charge is 2.10. The lowest BCUT2D eigenvalue weighted by molar-refractivity contribution is 0.400. The van der Waals surface area contributed by atoms with E-state index in [0.29, 0.717) is 0 Å². The molecule has 0 aliphatic rings. The van der Waals surface area contributed by atoms with Gasteiger partial charge < -0.3 is 4.52 Å². The van der Waals surface area contributed by atoms with Crippen molar-refractivity contribution in [2.45, 2.75) is 5.03 Å². The molecule has 5 nitrogen and oxygen atoms in total. The van der Waals surface area contributed by atoms with Gasteiger partial charge in [-0.2, -0.15) is 0 Å². The fourth-order valence-electron chi connectivity index (χ4n) is 0.340. The molecule has 0 fully saturated rings. The van der Waals surface area contributed by atoms with E-state index >= 15 is 0 Å². The molecule has 1 heterocycles. The highest BCUT2D eigenvalue weighted by Crippen LogP contribution is 2.00. The number of sulfonamides is 1. The molecule has 0 atom stereocenters. The standard InChI is InChI=1S/C3H3N2O3S/c4-9(6,7)3-1-2-8-5-3/h1-2,4H. The third-order valence-corrected chi connectivity index (χ3v) is 1.45. The van der Waals surface area contributed by atoms with Crippen molar-refractivity contribution in [3.8, 4) is 0 Å². The summed E-state index contributed by atoms with van der Waals surface area (Å²) in [6.45, 7) is 0. The lowest BCUT2D eigenvalue weighted by Crippen LogP contribution is -1.99. The summed E-state index contributed by atoms with van der Waals surface area (Å²) in [5, 5.41) is 9.12. The van der Waals surface area contributed by atoms with Gasteiger partial charge in [-0.15, -0.1) is 5.14 Å². The molecule has 1 aromatic rings. The van der Waals surface area contributed by atoms with Gasteiger partial charge in [0, 0.05) is 6.07 Å². The Bertz CT molecular complexity index is 274. The molecule has 6 heteroatoms. The highest BCUT2D eigenvalue weighted by atomic mass is 32.2. The Morgan fingerprint density at radius 1 is 1.67 bits per heavy atom. The van der Waals surface area contributed by atoms with Crippen LogP contribution in [0.25, 0.3) is 0 Å². The molecule has 1 radical (unpaired) electrons. The Balaban J connectivity index is 3.20.